The summed E-state index contributed by atoms with van der Waals surface area (Å²) in [5.74, 6) is -0.383. The first-order valence-corrected chi connectivity index (χ1v) is 8.00. The van der Waals surface area contributed by atoms with E-state index in [0.29, 0.717) is 18.7 Å². The Bertz CT molecular complexity index is 725. The predicted octanol–water partition coefficient (Wildman–Crippen LogP) is 3.48. The molecule has 0 aliphatic carbocycles. The fraction of sp³-hybridized carbons (Fsp3) is 0.444. The topological polar surface area (TPSA) is 47.4 Å². The molecule has 130 valence electrons. The van der Waals surface area contributed by atoms with Gasteiger partial charge in [-0.25, -0.2) is 4.39 Å². The Morgan fingerprint density at radius 3 is 2.54 bits per heavy atom. The van der Waals surface area contributed by atoms with Crippen LogP contribution in [0.4, 0.5) is 10.1 Å². The van der Waals surface area contributed by atoms with Crippen LogP contribution in [0.3, 0.4) is 0 Å². The lowest BCUT2D eigenvalue weighted by atomic mass is 10.2. The van der Waals surface area contributed by atoms with Crippen LogP contribution in [0.5, 0.6) is 5.75 Å². The van der Waals surface area contributed by atoms with Gasteiger partial charge < -0.3 is 9.64 Å². The number of nitrogens with zero attached hydrogens (tertiary/aromatic N) is 3. The zero-order chi connectivity index (χ0) is 17.9. The van der Waals surface area contributed by atoms with Crippen molar-refractivity contribution >= 4 is 11.6 Å². The summed E-state index contributed by atoms with van der Waals surface area (Å²) in [5, 5.41) is 4.37. The highest BCUT2D eigenvalue weighted by Gasteiger charge is 2.20. The lowest BCUT2D eigenvalue weighted by Crippen LogP contribution is -2.37. The quantitative estimate of drug-likeness (QED) is 0.813. The third-order valence-electron chi connectivity index (χ3n) is 3.84. The van der Waals surface area contributed by atoms with E-state index in [1.165, 1.54) is 19.2 Å². The highest BCUT2D eigenvalue weighted by Crippen LogP contribution is 2.25. The first kappa shape index (κ1) is 18.0. The van der Waals surface area contributed by atoms with Crippen molar-refractivity contribution in [2.45, 2.75) is 46.7 Å². The summed E-state index contributed by atoms with van der Waals surface area (Å²) in [5.41, 5.74) is 2.48. The van der Waals surface area contributed by atoms with Gasteiger partial charge in [0.1, 0.15) is 0 Å². The Balaban J connectivity index is 2.16. The fourth-order valence-corrected chi connectivity index (χ4v) is 2.76. The Labute approximate surface area is 142 Å². The van der Waals surface area contributed by atoms with Crippen LogP contribution in [0.1, 0.15) is 31.7 Å². The molecule has 1 aromatic heterocycles. The highest BCUT2D eigenvalue weighted by atomic mass is 19.1. The SMILES string of the molecule is COc1ccc(N(C(=O)CCn2nc(C)cc2C)C(C)C)cc1F. The van der Waals surface area contributed by atoms with Gasteiger partial charge in [0.25, 0.3) is 0 Å². The highest BCUT2D eigenvalue weighted by molar-refractivity contribution is 5.93. The second kappa shape index (κ2) is 7.47. The number of rotatable bonds is 6. The number of aryl methyl sites for hydroxylation is 3. The fourth-order valence-electron chi connectivity index (χ4n) is 2.76. The second-order valence-corrected chi connectivity index (χ2v) is 6.08. The molecule has 0 aliphatic rings. The molecule has 0 radical (unpaired) electrons. The molecule has 0 atom stereocenters. The van der Waals surface area contributed by atoms with E-state index in [4.69, 9.17) is 4.74 Å². The number of anilines is 1. The maximum atomic E-state index is 14.0. The number of ether oxygens (including phenoxy) is 1. The van der Waals surface area contributed by atoms with Crippen LogP contribution >= 0.6 is 0 Å². The van der Waals surface area contributed by atoms with Gasteiger partial charge >= 0.3 is 0 Å². The van der Waals surface area contributed by atoms with Crippen LogP contribution in [-0.2, 0) is 11.3 Å². The molecule has 0 saturated carbocycles. The molecule has 1 heterocycles. The van der Waals surface area contributed by atoms with E-state index in [1.54, 1.807) is 11.0 Å². The van der Waals surface area contributed by atoms with Crippen molar-refractivity contribution < 1.29 is 13.9 Å². The van der Waals surface area contributed by atoms with Crippen molar-refractivity contribution in [2.24, 2.45) is 0 Å². The van der Waals surface area contributed by atoms with Crippen molar-refractivity contribution in [1.29, 1.82) is 0 Å². The number of hydrogen-bond donors (Lipinski definition) is 0. The minimum atomic E-state index is -0.480. The van der Waals surface area contributed by atoms with Gasteiger partial charge in [0.15, 0.2) is 11.6 Å². The number of carbonyl (C=O) groups is 1. The molecule has 0 N–H and O–H groups in total. The number of amides is 1. The lowest BCUT2D eigenvalue weighted by molar-refractivity contribution is -0.119. The lowest BCUT2D eigenvalue weighted by Gasteiger charge is -2.27. The Hall–Kier alpha value is -2.37. The second-order valence-electron chi connectivity index (χ2n) is 6.08. The number of methoxy groups -OCH3 is 1. The first-order valence-electron chi connectivity index (χ1n) is 8.00. The molecular formula is C18H24FN3O2. The number of halogens is 1. The molecular weight excluding hydrogens is 309 g/mol. The van der Waals surface area contributed by atoms with Crippen molar-refractivity contribution in [1.82, 2.24) is 9.78 Å². The Morgan fingerprint density at radius 2 is 2.04 bits per heavy atom. The molecule has 6 heteroatoms. The third-order valence-corrected chi connectivity index (χ3v) is 3.84. The first-order chi connectivity index (χ1) is 11.3. The van der Waals surface area contributed by atoms with Gasteiger partial charge in [-0.05, 0) is 45.9 Å². The minimum absolute atomic E-state index is 0.0675. The molecule has 2 aromatic rings. The zero-order valence-electron chi connectivity index (χ0n) is 14.8. The van der Waals surface area contributed by atoms with Crippen molar-refractivity contribution in [3.8, 4) is 5.75 Å². The smallest absolute Gasteiger partial charge is 0.229 e. The van der Waals surface area contributed by atoms with Crippen molar-refractivity contribution in [2.75, 3.05) is 12.0 Å². The molecule has 5 nitrogen and oxygen atoms in total. The average molecular weight is 333 g/mol. The van der Waals surface area contributed by atoms with Crippen LogP contribution in [-0.4, -0.2) is 28.8 Å². The van der Waals surface area contributed by atoms with E-state index in [2.05, 4.69) is 5.10 Å². The molecule has 0 aliphatic heterocycles. The molecule has 0 fully saturated rings. The maximum absolute atomic E-state index is 14.0. The summed E-state index contributed by atoms with van der Waals surface area (Å²) >= 11 is 0. The molecule has 2 rings (SSSR count). The van der Waals surface area contributed by atoms with Crippen LogP contribution < -0.4 is 9.64 Å². The van der Waals surface area contributed by atoms with Crippen LogP contribution in [0, 0.1) is 19.7 Å². The van der Waals surface area contributed by atoms with Gasteiger partial charge in [0.2, 0.25) is 5.91 Å². The van der Waals surface area contributed by atoms with Crippen LogP contribution in [0.15, 0.2) is 24.3 Å². The minimum Gasteiger partial charge on any atom is -0.494 e. The van der Waals surface area contributed by atoms with E-state index in [9.17, 15) is 9.18 Å². The van der Waals surface area contributed by atoms with Crippen molar-refractivity contribution in [3.05, 3.63) is 41.5 Å². The summed E-state index contributed by atoms with van der Waals surface area (Å²) in [6.07, 6.45) is 0.299. The summed E-state index contributed by atoms with van der Waals surface area (Å²) in [7, 11) is 1.41. The summed E-state index contributed by atoms with van der Waals surface area (Å²) in [6.45, 7) is 8.20. The molecule has 0 spiro atoms. The van der Waals surface area contributed by atoms with Gasteiger partial charge in [0.05, 0.1) is 12.8 Å². The van der Waals surface area contributed by atoms with Gasteiger partial charge in [-0.1, -0.05) is 0 Å². The van der Waals surface area contributed by atoms with Gasteiger partial charge in [0, 0.05) is 36.5 Å². The standard InChI is InChI=1S/C18H24FN3O2/c1-12(2)22(15-6-7-17(24-5)16(19)11-15)18(23)8-9-21-14(4)10-13(3)20-21/h6-7,10-12H,8-9H2,1-5H3. The normalized spacial score (nSPS) is 11.0. The zero-order valence-corrected chi connectivity index (χ0v) is 14.8. The monoisotopic (exact) mass is 333 g/mol. The Kier molecular flexibility index (Phi) is 5.59. The van der Waals surface area contributed by atoms with E-state index < -0.39 is 5.82 Å². The molecule has 0 bridgehead atoms. The van der Waals surface area contributed by atoms with Crippen LogP contribution in [0.2, 0.25) is 0 Å². The summed E-state index contributed by atoms with van der Waals surface area (Å²) in [4.78, 5) is 14.3. The number of hydrogen-bond acceptors (Lipinski definition) is 3. The van der Waals surface area contributed by atoms with Gasteiger partial charge in [-0.3, -0.25) is 9.48 Å². The van der Waals surface area contributed by atoms with E-state index >= 15 is 0 Å². The van der Waals surface area contributed by atoms with E-state index in [1.807, 2.05) is 38.4 Å². The number of benzene rings is 1. The van der Waals surface area contributed by atoms with Crippen LogP contribution in [0.25, 0.3) is 0 Å². The third kappa shape index (κ3) is 3.93. The molecule has 1 amide bonds. The molecule has 1 aromatic carbocycles. The number of aromatic nitrogens is 2. The predicted molar refractivity (Wildman–Crippen MR) is 91.9 cm³/mol. The average Bonchev–Trinajstić information content (AvgIpc) is 2.83. The molecule has 0 unspecified atom stereocenters. The summed E-state index contributed by atoms with van der Waals surface area (Å²) in [6, 6.07) is 6.46. The molecule has 24 heavy (non-hydrogen) atoms. The van der Waals surface area contributed by atoms with Gasteiger partial charge in [-0.2, -0.15) is 5.10 Å². The van der Waals surface area contributed by atoms with Gasteiger partial charge in [-0.15, -0.1) is 0 Å². The summed E-state index contributed by atoms with van der Waals surface area (Å²) < 4.78 is 20.7. The number of carbonyl (C=O) groups excluding carboxylic acids is 1. The molecule has 0 saturated heterocycles. The van der Waals surface area contributed by atoms with Crippen molar-refractivity contribution in [3.63, 3.8) is 0 Å². The van der Waals surface area contributed by atoms with E-state index in [-0.39, 0.29) is 17.7 Å². The Morgan fingerprint density at radius 1 is 1.33 bits per heavy atom. The maximum Gasteiger partial charge on any atom is 0.229 e. The largest absolute Gasteiger partial charge is 0.494 e. The van der Waals surface area contributed by atoms with E-state index in [0.717, 1.165) is 11.4 Å².